The number of primary amides is 1. The third-order valence-corrected chi connectivity index (χ3v) is 6.25. The Morgan fingerprint density at radius 3 is 1.18 bits per heavy atom. The molecule has 0 saturated carbocycles. The molecule has 0 aromatic carbocycles. The predicted molar refractivity (Wildman–Crippen MR) is 148 cm³/mol. The van der Waals surface area contributed by atoms with E-state index in [1.165, 1.54) is 6.92 Å². The van der Waals surface area contributed by atoms with Gasteiger partial charge in [-0.1, -0.05) is 55.4 Å². The van der Waals surface area contributed by atoms with Gasteiger partial charge in [0.1, 0.15) is 30.2 Å². The Balaban J connectivity index is 5.59. The Hall–Kier alpha value is -2.83. The van der Waals surface area contributed by atoms with Gasteiger partial charge in [-0.05, 0) is 23.7 Å². The standard InChI is InChI=1S/C25H46N6O6S/c1-11(2)17(21(26)33)29-25(37)20(14(7)8)30-22(34)16(10-38)28-23(35)19(13(5)6)31-24(36)18(12(3)4)27-15(9)32/h11-14,16-20,38H,10H2,1-9H3,(H2,26,33)(H,27,32)(H,28,35)(H,29,37)(H,30,34)(H,31,36)/t16-,17-,18-,19-,20-/m0/s1. The monoisotopic (exact) mass is 558 g/mol. The summed E-state index contributed by atoms with van der Waals surface area (Å²) in [5, 5.41) is 13.0. The lowest BCUT2D eigenvalue weighted by atomic mass is 9.99. The van der Waals surface area contributed by atoms with Crippen LogP contribution in [0.25, 0.3) is 0 Å². The molecule has 0 fully saturated rings. The highest BCUT2D eigenvalue weighted by molar-refractivity contribution is 7.80. The van der Waals surface area contributed by atoms with Gasteiger partial charge in [0, 0.05) is 12.7 Å². The molecule has 0 bridgehead atoms. The summed E-state index contributed by atoms with van der Waals surface area (Å²) in [6.07, 6.45) is 0. The zero-order chi connectivity index (χ0) is 29.9. The fourth-order valence-corrected chi connectivity index (χ4v) is 3.84. The Kier molecular flexibility index (Phi) is 15.0. The number of hydrogen-bond donors (Lipinski definition) is 7. The molecule has 38 heavy (non-hydrogen) atoms. The zero-order valence-corrected chi connectivity index (χ0v) is 24.8. The molecular formula is C25H46N6O6S. The molecule has 0 aliphatic heterocycles. The Bertz CT molecular complexity index is 863. The summed E-state index contributed by atoms with van der Waals surface area (Å²) in [7, 11) is 0. The lowest BCUT2D eigenvalue weighted by Crippen LogP contribution is -2.61. The van der Waals surface area contributed by atoms with Crippen LogP contribution in [-0.2, 0) is 28.8 Å². The number of hydrogen-bond acceptors (Lipinski definition) is 7. The van der Waals surface area contributed by atoms with Crippen LogP contribution in [-0.4, -0.2) is 71.4 Å². The summed E-state index contributed by atoms with van der Waals surface area (Å²) >= 11 is 4.18. The van der Waals surface area contributed by atoms with E-state index in [4.69, 9.17) is 5.73 Å². The first-order valence-electron chi connectivity index (χ1n) is 12.8. The van der Waals surface area contributed by atoms with E-state index in [1.54, 1.807) is 55.4 Å². The van der Waals surface area contributed by atoms with Gasteiger partial charge in [0.05, 0.1) is 0 Å². The number of rotatable bonds is 15. The zero-order valence-electron chi connectivity index (χ0n) is 23.9. The molecule has 0 radical (unpaired) electrons. The highest BCUT2D eigenvalue weighted by Crippen LogP contribution is 2.09. The second-order valence-corrected chi connectivity index (χ2v) is 11.1. The average Bonchev–Trinajstić information content (AvgIpc) is 2.79. The van der Waals surface area contributed by atoms with Crippen molar-refractivity contribution in [3.8, 4) is 0 Å². The van der Waals surface area contributed by atoms with Crippen LogP contribution in [0.5, 0.6) is 0 Å². The predicted octanol–water partition coefficient (Wildman–Crippen LogP) is -0.531. The minimum atomic E-state index is -1.12. The maximum absolute atomic E-state index is 13.1. The third kappa shape index (κ3) is 11.3. The highest BCUT2D eigenvalue weighted by atomic mass is 32.1. The number of nitrogens with two attached hydrogens (primary N) is 1. The topological polar surface area (TPSA) is 189 Å². The molecule has 6 amide bonds. The van der Waals surface area contributed by atoms with E-state index in [2.05, 4.69) is 39.2 Å². The SMILES string of the molecule is CC(=O)N[C@H](C(=O)N[C@H](C(=O)N[C@@H](CS)C(=O)N[C@H](C(=O)N[C@H](C(N)=O)C(C)C)C(C)C)C(C)C)C(C)C. The van der Waals surface area contributed by atoms with E-state index in [9.17, 15) is 28.8 Å². The quantitative estimate of drug-likeness (QED) is 0.132. The first-order chi connectivity index (χ1) is 17.4. The van der Waals surface area contributed by atoms with E-state index >= 15 is 0 Å². The third-order valence-electron chi connectivity index (χ3n) is 5.89. The maximum atomic E-state index is 13.1. The van der Waals surface area contributed by atoms with Crippen molar-refractivity contribution in [3.63, 3.8) is 0 Å². The molecule has 0 spiro atoms. The molecule has 0 unspecified atom stereocenters. The molecule has 0 heterocycles. The van der Waals surface area contributed by atoms with Crippen molar-refractivity contribution in [1.29, 1.82) is 0 Å². The van der Waals surface area contributed by atoms with Crippen LogP contribution < -0.4 is 32.3 Å². The largest absolute Gasteiger partial charge is 0.368 e. The van der Waals surface area contributed by atoms with Crippen LogP contribution in [0, 0.1) is 23.7 Å². The number of amides is 6. The van der Waals surface area contributed by atoms with Crippen LogP contribution in [0.15, 0.2) is 0 Å². The molecule has 0 aromatic rings. The first-order valence-corrected chi connectivity index (χ1v) is 13.5. The summed E-state index contributed by atoms with van der Waals surface area (Å²) in [5.74, 6) is -4.71. The molecule has 7 N–H and O–H groups in total. The molecule has 0 saturated heterocycles. The number of thiol groups is 1. The van der Waals surface area contributed by atoms with Crippen molar-refractivity contribution in [2.75, 3.05) is 5.75 Å². The normalized spacial score (nSPS) is 15.3. The summed E-state index contributed by atoms with van der Waals surface area (Å²) < 4.78 is 0. The van der Waals surface area contributed by atoms with E-state index in [1.807, 2.05) is 0 Å². The molecular weight excluding hydrogens is 512 g/mol. The van der Waals surface area contributed by atoms with Gasteiger partial charge in [-0.3, -0.25) is 28.8 Å². The Morgan fingerprint density at radius 1 is 0.553 bits per heavy atom. The van der Waals surface area contributed by atoms with Crippen molar-refractivity contribution in [2.45, 2.75) is 92.5 Å². The lowest BCUT2D eigenvalue weighted by molar-refractivity contribution is -0.136. The van der Waals surface area contributed by atoms with Gasteiger partial charge in [0.2, 0.25) is 35.4 Å². The molecule has 13 heteroatoms. The first kappa shape index (κ1) is 35.2. The minimum Gasteiger partial charge on any atom is -0.368 e. The van der Waals surface area contributed by atoms with Crippen molar-refractivity contribution in [3.05, 3.63) is 0 Å². The van der Waals surface area contributed by atoms with E-state index in [-0.39, 0.29) is 35.3 Å². The van der Waals surface area contributed by atoms with Crippen molar-refractivity contribution < 1.29 is 28.8 Å². The fourth-order valence-electron chi connectivity index (χ4n) is 3.59. The van der Waals surface area contributed by atoms with E-state index in [0.717, 1.165) is 0 Å². The second kappa shape index (κ2) is 16.2. The van der Waals surface area contributed by atoms with Gasteiger partial charge in [-0.15, -0.1) is 0 Å². The highest BCUT2D eigenvalue weighted by Gasteiger charge is 2.34. The smallest absolute Gasteiger partial charge is 0.244 e. The van der Waals surface area contributed by atoms with Crippen molar-refractivity contribution >= 4 is 48.1 Å². The van der Waals surface area contributed by atoms with Crippen molar-refractivity contribution in [2.24, 2.45) is 29.4 Å². The molecule has 0 aromatic heterocycles. The number of carbonyl (C=O) groups excluding carboxylic acids is 6. The van der Waals surface area contributed by atoms with Crippen LogP contribution in [0.1, 0.15) is 62.3 Å². The van der Waals surface area contributed by atoms with Gasteiger partial charge in [0.15, 0.2) is 0 Å². The molecule has 12 nitrogen and oxygen atoms in total. The summed E-state index contributed by atoms with van der Waals surface area (Å²) in [6, 6.07) is -4.88. The van der Waals surface area contributed by atoms with Gasteiger partial charge in [0.25, 0.3) is 0 Å². The van der Waals surface area contributed by atoms with Crippen LogP contribution in [0.4, 0.5) is 0 Å². The molecule has 0 aliphatic carbocycles. The van der Waals surface area contributed by atoms with Crippen LogP contribution >= 0.6 is 12.6 Å². The molecule has 218 valence electrons. The van der Waals surface area contributed by atoms with Gasteiger partial charge in [-0.25, -0.2) is 0 Å². The second-order valence-electron chi connectivity index (χ2n) is 10.8. The molecule has 5 atom stereocenters. The lowest BCUT2D eigenvalue weighted by Gasteiger charge is -2.29. The van der Waals surface area contributed by atoms with Crippen LogP contribution in [0.2, 0.25) is 0 Å². The Labute approximate surface area is 231 Å². The molecule has 0 rings (SSSR count). The van der Waals surface area contributed by atoms with Crippen molar-refractivity contribution in [1.82, 2.24) is 26.6 Å². The summed E-state index contributed by atoms with van der Waals surface area (Å²) in [6.45, 7) is 15.2. The number of carbonyl (C=O) groups is 6. The molecule has 0 aliphatic rings. The van der Waals surface area contributed by atoms with E-state index in [0.29, 0.717) is 0 Å². The maximum Gasteiger partial charge on any atom is 0.244 e. The van der Waals surface area contributed by atoms with Gasteiger partial charge >= 0.3 is 0 Å². The fraction of sp³-hybridized carbons (Fsp3) is 0.760. The Morgan fingerprint density at radius 2 is 0.868 bits per heavy atom. The summed E-state index contributed by atoms with van der Waals surface area (Å²) in [5.41, 5.74) is 5.38. The number of nitrogens with one attached hydrogen (secondary N) is 5. The van der Waals surface area contributed by atoms with E-state index < -0.39 is 59.7 Å². The van der Waals surface area contributed by atoms with Crippen LogP contribution in [0.3, 0.4) is 0 Å². The average molecular weight is 559 g/mol. The van der Waals surface area contributed by atoms with Gasteiger partial charge in [-0.2, -0.15) is 12.6 Å². The van der Waals surface area contributed by atoms with Gasteiger partial charge < -0.3 is 32.3 Å². The summed E-state index contributed by atoms with van der Waals surface area (Å²) in [4.78, 5) is 75.1. The minimum absolute atomic E-state index is 0.0841.